The van der Waals surface area contributed by atoms with Crippen molar-refractivity contribution in [2.75, 3.05) is 19.7 Å². The van der Waals surface area contributed by atoms with Crippen molar-refractivity contribution in [3.05, 3.63) is 39.2 Å². The molecule has 6 heteroatoms. The molecule has 0 radical (unpaired) electrons. The minimum absolute atomic E-state index is 0.169. The van der Waals surface area contributed by atoms with Gasteiger partial charge in [-0.15, -0.1) is 16.4 Å². The summed E-state index contributed by atoms with van der Waals surface area (Å²) in [6.07, 6.45) is 6.53. The van der Waals surface area contributed by atoms with Crippen molar-refractivity contribution in [1.29, 1.82) is 0 Å². The maximum Gasteiger partial charge on any atom is 0.263 e. The molecule has 5 nitrogen and oxygen atoms in total. The number of amides is 1. The van der Waals surface area contributed by atoms with E-state index < -0.39 is 0 Å². The van der Waals surface area contributed by atoms with Crippen molar-refractivity contribution in [2.45, 2.75) is 45.4 Å². The Morgan fingerprint density at radius 2 is 2.04 bits per heavy atom. The summed E-state index contributed by atoms with van der Waals surface area (Å²) in [7, 11) is 0. The SMILES string of the molecule is Cc1ccc(C(=O)N2CCC(COc3cc4c(nn3)CCCC4)CC2)s1. The Labute approximate surface area is 158 Å². The van der Waals surface area contributed by atoms with Crippen LogP contribution in [0.15, 0.2) is 18.2 Å². The maximum absolute atomic E-state index is 12.5. The third-order valence-corrected chi connectivity index (χ3v) is 6.36. The van der Waals surface area contributed by atoms with Gasteiger partial charge < -0.3 is 9.64 Å². The summed E-state index contributed by atoms with van der Waals surface area (Å²) >= 11 is 1.58. The summed E-state index contributed by atoms with van der Waals surface area (Å²) in [4.78, 5) is 16.5. The van der Waals surface area contributed by atoms with Crippen LogP contribution in [0.4, 0.5) is 0 Å². The fourth-order valence-electron chi connectivity index (χ4n) is 3.75. The van der Waals surface area contributed by atoms with Gasteiger partial charge >= 0.3 is 0 Å². The molecule has 1 amide bonds. The van der Waals surface area contributed by atoms with Crippen LogP contribution in [-0.4, -0.2) is 40.7 Å². The van der Waals surface area contributed by atoms with E-state index in [2.05, 4.69) is 16.3 Å². The number of carbonyl (C=O) groups is 1. The molecule has 0 N–H and O–H groups in total. The fourth-order valence-corrected chi connectivity index (χ4v) is 4.59. The van der Waals surface area contributed by atoms with E-state index in [-0.39, 0.29) is 5.91 Å². The number of likely N-dealkylation sites (tertiary alicyclic amines) is 1. The number of hydrogen-bond acceptors (Lipinski definition) is 5. The lowest BCUT2D eigenvalue weighted by atomic mass is 9.97. The van der Waals surface area contributed by atoms with Crippen molar-refractivity contribution in [1.82, 2.24) is 15.1 Å². The number of thiophene rings is 1. The van der Waals surface area contributed by atoms with Crippen molar-refractivity contribution in [3.8, 4) is 5.88 Å². The van der Waals surface area contributed by atoms with Crippen LogP contribution in [0.5, 0.6) is 5.88 Å². The van der Waals surface area contributed by atoms with Gasteiger partial charge in [0.1, 0.15) is 0 Å². The first-order valence-electron chi connectivity index (χ1n) is 9.53. The predicted molar refractivity (Wildman–Crippen MR) is 102 cm³/mol. The average molecular weight is 372 g/mol. The Morgan fingerprint density at radius 1 is 1.23 bits per heavy atom. The number of nitrogens with zero attached hydrogens (tertiary/aromatic N) is 3. The highest BCUT2D eigenvalue weighted by atomic mass is 32.1. The van der Waals surface area contributed by atoms with Gasteiger partial charge in [0, 0.05) is 24.0 Å². The van der Waals surface area contributed by atoms with E-state index in [1.54, 1.807) is 11.3 Å². The number of rotatable bonds is 4. The lowest BCUT2D eigenvalue weighted by Crippen LogP contribution is -2.39. The summed E-state index contributed by atoms with van der Waals surface area (Å²) in [5.74, 6) is 1.29. The lowest BCUT2D eigenvalue weighted by molar-refractivity contribution is 0.0663. The van der Waals surface area contributed by atoms with E-state index in [1.807, 2.05) is 24.0 Å². The summed E-state index contributed by atoms with van der Waals surface area (Å²) in [6.45, 7) is 4.31. The van der Waals surface area contributed by atoms with Gasteiger partial charge in [0.25, 0.3) is 5.91 Å². The van der Waals surface area contributed by atoms with E-state index in [0.717, 1.165) is 49.3 Å². The van der Waals surface area contributed by atoms with Gasteiger partial charge in [0.2, 0.25) is 5.88 Å². The number of carbonyl (C=O) groups excluding carboxylic acids is 1. The second kappa shape index (κ2) is 7.74. The molecule has 0 unspecified atom stereocenters. The van der Waals surface area contributed by atoms with Crippen molar-refractivity contribution >= 4 is 17.2 Å². The molecule has 1 saturated heterocycles. The van der Waals surface area contributed by atoms with Crippen LogP contribution in [0.3, 0.4) is 0 Å². The Bertz CT molecular complexity index is 781. The normalized spacial score (nSPS) is 17.8. The number of fused-ring (bicyclic) bond motifs is 1. The number of aryl methyl sites for hydroxylation is 3. The molecular weight excluding hydrogens is 346 g/mol. The van der Waals surface area contributed by atoms with Crippen LogP contribution in [0.25, 0.3) is 0 Å². The second-order valence-corrected chi connectivity index (χ2v) is 8.61. The first-order valence-corrected chi connectivity index (χ1v) is 10.3. The molecule has 0 saturated carbocycles. The number of piperidine rings is 1. The van der Waals surface area contributed by atoms with Gasteiger partial charge in [-0.3, -0.25) is 4.79 Å². The van der Waals surface area contributed by atoms with Gasteiger partial charge in [-0.1, -0.05) is 0 Å². The van der Waals surface area contributed by atoms with E-state index in [9.17, 15) is 4.79 Å². The number of aromatic nitrogens is 2. The summed E-state index contributed by atoms with van der Waals surface area (Å²) in [5.41, 5.74) is 2.44. The quantitative estimate of drug-likeness (QED) is 0.823. The first kappa shape index (κ1) is 17.5. The van der Waals surface area contributed by atoms with Crippen molar-refractivity contribution < 1.29 is 9.53 Å². The summed E-state index contributed by atoms with van der Waals surface area (Å²) in [6, 6.07) is 6.02. The molecule has 1 aliphatic carbocycles. The predicted octanol–water partition coefficient (Wildman–Crippen LogP) is 3.66. The molecule has 0 spiro atoms. The summed E-state index contributed by atoms with van der Waals surface area (Å²) in [5, 5.41) is 8.55. The largest absolute Gasteiger partial charge is 0.476 e. The van der Waals surface area contributed by atoms with Crippen LogP contribution < -0.4 is 4.74 Å². The fraction of sp³-hybridized carbons (Fsp3) is 0.550. The zero-order chi connectivity index (χ0) is 17.9. The molecule has 1 fully saturated rings. The minimum Gasteiger partial charge on any atom is -0.476 e. The van der Waals surface area contributed by atoms with Gasteiger partial charge in [0.05, 0.1) is 17.2 Å². The molecule has 0 bridgehead atoms. The van der Waals surface area contributed by atoms with Crippen LogP contribution in [-0.2, 0) is 12.8 Å². The summed E-state index contributed by atoms with van der Waals surface area (Å²) < 4.78 is 5.92. The smallest absolute Gasteiger partial charge is 0.263 e. The van der Waals surface area contributed by atoms with E-state index in [1.165, 1.54) is 23.3 Å². The Balaban J connectivity index is 1.27. The molecule has 138 valence electrons. The van der Waals surface area contributed by atoms with Crippen LogP contribution >= 0.6 is 11.3 Å². The number of ether oxygens (including phenoxy) is 1. The molecule has 26 heavy (non-hydrogen) atoms. The van der Waals surface area contributed by atoms with Gasteiger partial charge in [-0.2, -0.15) is 5.10 Å². The topological polar surface area (TPSA) is 55.3 Å². The molecule has 3 heterocycles. The molecule has 4 rings (SSSR count). The standard InChI is InChI=1S/C20H25N3O2S/c1-14-6-7-18(26-14)20(24)23-10-8-15(9-11-23)13-25-19-12-16-4-2-3-5-17(16)21-22-19/h6-7,12,15H,2-5,8-11,13H2,1H3. The monoisotopic (exact) mass is 371 g/mol. The minimum atomic E-state index is 0.169. The Hall–Kier alpha value is -1.95. The Morgan fingerprint density at radius 3 is 2.81 bits per heavy atom. The Kier molecular flexibility index (Phi) is 5.20. The molecule has 2 aromatic rings. The molecule has 0 atom stereocenters. The first-order chi connectivity index (χ1) is 12.7. The van der Waals surface area contributed by atoms with Crippen LogP contribution in [0.2, 0.25) is 0 Å². The highest BCUT2D eigenvalue weighted by Gasteiger charge is 2.25. The van der Waals surface area contributed by atoms with Crippen molar-refractivity contribution in [2.24, 2.45) is 5.92 Å². The van der Waals surface area contributed by atoms with Crippen molar-refractivity contribution in [3.63, 3.8) is 0 Å². The van der Waals surface area contributed by atoms with Gasteiger partial charge in [-0.05, 0) is 69.1 Å². The van der Waals surface area contributed by atoms with Gasteiger partial charge in [0.15, 0.2) is 0 Å². The third kappa shape index (κ3) is 3.90. The molecule has 2 aromatic heterocycles. The van der Waals surface area contributed by atoms with E-state index in [0.29, 0.717) is 18.4 Å². The van der Waals surface area contributed by atoms with E-state index in [4.69, 9.17) is 4.74 Å². The molecular formula is C20H25N3O2S. The number of hydrogen-bond donors (Lipinski definition) is 0. The molecule has 1 aliphatic heterocycles. The highest BCUT2D eigenvalue weighted by Crippen LogP contribution is 2.24. The highest BCUT2D eigenvalue weighted by molar-refractivity contribution is 7.13. The van der Waals surface area contributed by atoms with Crippen LogP contribution in [0, 0.1) is 12.8 Å². The third-order valence-electron chi connectivity index (χ3n) is 5.37. The molecule has 0 aromatic carbocycles. The van der Waals surface area contributed by atoms with E-state index >= 15 is 0 Å². The zero-order valence-corrected chi connectivity index (χ0v) is 16.1. The zero-order valence-electron chi connectivity index (χ0n) is 15.2. The second-order valence-electron chi connectivity index (χ2n) is 7.32. The van der Waals surface area contributed by atoms with Crippen LogP contribution in [0.1, 0.15) is 51.5 Å². The maximum atomic E-state index is 12.5. The van der Waals surface area contributed by atoms with Gasteiger partial charge in [-0.25, -0.2) is 0 Å². The lowest BCUT2D eigenvalue weighted by Gasteiger charge is -2.31. The molecule has 2 aliphatic rings. The average Bonchev–Trinajstić information content (AvgIpc) is 3.12.